The average molecular weight is 417 g/mol. The van der Waals surface area contributed by atoms with E-state index in [9.17, 15) is 4.79 Å². The number of ether oxygens (including phenoxy) is 1. The molecule has 1 aliphatic heterocycles. The van der Waals surface area contributed by atoms with Gasteiger partial charge in [0.1, 0.15) is 11.4 Å². The first-order valence-electron chi connectivity index (χ1n) is 11.7. The van der Waals surface area contributed by atoms with Crippen molar-refractivity contribution in [1.82, 2.24) is 9.88 Å². The molecule has 31 heavy (non-hydrogen) atoms. The lowest BCUT2D eigenvalue weighted by Crippen LogP contribution is -2.60. The molecule has 3 atom stereocenters. The van der Waals surface area contributed by atoms with E-state index in [1.165, 1.54) is 48.8 Å². The zero-order chi connectivity index (χ0) is 21.4. The molecule has 2 aliphatic carbocycles. The fraction of sp³-hybridized carbons (Fsp3) is 0.481. The maximum absolute atomic E-state index is 12.6. The first-order chi connectivity index (χ1) is 15.1. The summed E-state index contributed by atoms with van der Waals surface area (Å²) in [5.74, 6) is 0.969. The second kappa shape index (κ2) is 8.23. The zero-order valence-corrected chi connectivity index (χ0v) is 18.6. The predicted molar refractivity (Wildman–Crippen MR) is 122 cm³/mol. The van der Waals surface area contributed by atoms with Crippen molar-refractivity contribution in [1.29, 1.82) is 0 Å². The third kappa shape index (κ3) is 3.71. The third-order valence-electron chi connectivity index (χ3n) is 7.74. The van der Waals surface area contributed by atoms with Gasteiger partial charge in [-0.15, -0.1) is 0 Å². The van der Waals surface area contributed by atoms with Crippen LogP contribution < -0.4 is 4.74 Å². The third-order valence-corrected chi connectivity index (χ3v) is 7.74. The number of carbonyl (C=O) groups is 1. The highest BCUT2D eigenvalue weighted by atomic mass is 16.5. The van der Waals surface area contributed by atoms with E-state index in [0.717, 1.165) is 19.5 Å². The summed E-state index contributed by atoms with van der Waals surface area (Å²) in [6.45, 7) is 6.61. The Balaban J connectivity index is 1.46. The van der Waals surface area contributed by atoms with E-state index in [1.807, 2.05) is 12.1 Å². The van der Waals surface area contributed by atoms with Crippen molar-refractivity contribution in [3.05, 3.63) is 71.1 Å². The van der Waals surface area contributed by atoms with Gasteiger partial charge in [-0.05, 0) is 87.4 Å². The number of pyridine rings is 1. The molecular formula is C27H32N2O2. The van der Waals surface area contributed by atoms with Crippen LogP contribution in [0.4, 0.5) is 0 Å². The highest BCUT2D eigenvalue weighted by Crippen LogP contribution is 2.56. The topological polar surface area (TPSA) is 42.4 Å². The van der Waals surface area contributed by atoms with Crippen LogP contribution in [0.25, 0.3) is 0 Å². The van der Waals surface area contributed by atoms with Gasteiger partial charge < -0.3 is 4.74 Å². The van der Waals surface area contributed by atoms with Gasteiger partial charge in [-0.25, -0.2) is 9.78 Å². The van der Waals surface area contributed by atoms with Gasteiger partial charge in [0.25, 0.3) is 0 Å². The Kier molecular flexibility index (Phi) is 5.43. The van der Waals surface area contributed by atoms with Crippen molar-refractivity contribution in [2.24, 2.45) is 5.92 Å². The summed E-state index contributed by atoms with van der Waals surface area (Å²) in [5.41, 5.74) is 4.88. The number of nitrogens with zero attached hydrogens (tertiary/aromatic N) is 2. The number of likely N-dealkylation sites (tertiary alicyclic amines) is 1. The molecule has 0 spiro atoms. The Hall–Kier alpha value is -2.46. The number of hydrogen-bond acceptors (Lipinski definition) is 4. The highest BCUT2D eigenvalue weighted by molar-refractivity contribution is 5.88. The fourth-order valence-electron chi connectivity index (χ4n) is 6.30. The molecule has 2 heterocycles. The monoisotopic (exact) mass is 416 g/mol. The Morgan fingerprint density at radius 3 is 2.94 bits per heavy atom. The summed E-state index contributed by atoms with van der Waals surface area (Å²) >= 11 is 0. The molecule has 0 radical (unpaired) electrons. The molecule has 162 valence electrons. The van der Waals surface area contributed by atoms with Crippen LogP contribution in [0.3, 0.4) is 0 Å². The van der Waals surface area contributed by atoms with E-state index in [4.69, 9.17) is 4.74 Å². The van der Waals surface area contributed by atoms with Crippen molar-refractivity contribution < 1.29 is 9.53 Å². The summed E-state index contributed by atoms with van der Waals surface area (Å²) in [5, 5.41) is 0. The average Bonchev–Trinajstić information content (AvgIpc) is 2.79. The molecule has 2 aromatic rings. The quantitative estimate of drug-likeness (QED) is 0.384. The number of hydrogen-bond donors (Lipinski definition) is 0. The predicted octanol–water partition coefficient (Wildman–Crippen LogP) is 5.33. The number of rotatable bonds is 4. The number of piperidine rings is 1. The normalized spacial score (nSPS) is 27.0. The van der Waals surface area contributed by atoms with E-state index in [1.54, 1.807) is 18.3 Å². The first kappa shape index (κ1) is 20.4. The Morgan fingerprint density at radius 2 is 2.13 bits per heavy atom. The minimum absolute atomic E-state index is 0.241. The van der Waals surface area contributed by atoms with Crippen LogP contribution in [0.1, 0.15) is 67.6 Å². The molecule has 0 amide bonds. The van der Waals surface area contributed by atoms with Gasteiger partial charge in [-0.3, -0.25) is 4.90 Å². The van der Waals surface area contributed by atoms with Gasteiger partial charge in [-0.2, -0.15) is 0 Å². The molecule has 1 aromatic heterocycles. The summed E-state index contributed by atoms with van der Waals surface area (Å²) in [7, 11) is 0. The molecule has 4 heteroatoms. The maximum atomic E-state index is 12.6. The second-order valence-corrected chi connectivity index (χ2v) is 9.73. The standard InChI is InChI=1S/C27H32N2O2/c1-19(2)11-15-29-16-13-27-12-5-3-7-22(27)25(29)17-20-9-10-21(18-23(20)27)31-26(30)24-8-4-6-14-28-24/h4,6,8-11,14,18,22,25H,3,5,7,12-13,15-17H2,1-2H3/t22-,25-,27-/m0/s1. The van der Waals surface area contributed by atoms with Gasteiger partial charge >= 0.3 is 5.97 Å². The zero-order valence-electron chi connectivity index (χ0n) is 18.6. The van der Waals surface area contributed by atoms with Gasteiger partial charge in [-0.1, -0.05) is 36.6 Å². The lowest BCUT2D eigenvalue weighted by atomic mass is 9.52. The molecule has 0 unspecified atom stereocenters. The van der Waals surface area contributed by atoms with Crippen LogP contribution in [0.2, 0.25) is 0 Å². The van der Waals surface area contributed by atoms with E-state index >= 15 is 0 Å². The fourth-order valence-corrected chi connectivity index (χ4v) is 6.30. The largest absolute Gasteiger partial charge is 0.422 e. The Morgan fingerprint density at radius 1 is 1.23 bits per heavy atom. The molecule has 2 fully saturated rings. The van der Waals surface area contributed by atoms with Crippen LogP contribution in [0, 0.1) is 5.92 Å². The summed E-state index contributed by atoms with van der Waals surface area (Å²) in [4.78, 5) is 19.4. The summed E-state index contributed by atoms with van der Waals surface area (Å²) in [6.07, 6.45) is 11.5. The number of esters is 1. The van der Waals surface area contributed by atoms with Crippen LogP contribution in [-0.2, 0) is 11.8 Å². The van der Waals surface area contributed by atoms with Crippen molar-refractivity contribution in [2.45, 2.75) is 63.8 Å². The number of carbonyl (C=O) groups excluding carboxylic acids is 1. The molecule has 1 saturated heterocycles. The van der Waals surface area contributed by atoms with E-state index in [-0.39, 0.29) is 11.4 Å². The Labute approximate surface area is 185 Å². The van der Waals surface area contributed by atoms with Crippen LogP contribution in [0.5, 0.6) is 5.75 Å². The van der Waals surface area contributed by atoms with E-state index in [0.29, 0.717) is 23.4 Å². The SMILES string of the molecule is CC(C)=CCN1CC[C@@]23CCCC[C@H]2[C@@H]1Cc1ccc(OC(=O)c2ccccn2)cc13. The van der Waals surface area contributed by atoms with Gasteiger partial charge in [0.15, 0.2) is 0 Å². The van der Waals surface area contributed by atoms with E-state index < -0.39 is 0 Å². The van der Waals surface area contributed by atoms with Crippen molar-refractivity contribution in [2.75, 3.05) is 13.1 Å². The van der Waals surface area contributed by atoms with Gasteiger partial charge in [0.2, 0.25) is 0 Å². The van der Waals surface area contributed by atoms with Crippen LogP contribution >= 0.6 is 0 Å². The van der Waals surface area contributed by atoms with Crippen molar-refractivity contribution in [3.8, 4) is 5.75 Å². The van der Waals surface area contributed by atoms with Gasteiger partial charge in [0.05, 0.1) is 0 Å². The lowest BCUT2D eigenvalue weighted by Gasteiger charge is -2.59. The molecule has 2 bridgehead atoms. The van der Waals surface area contributed by atoms with E-state index in [2.05, 4.69) is 41.9 Å². The van der Waals surface area contributed by atoms with Crippen molar-refractivity contribution >= 4 is 5.97 Å². The Bertz CT molecular complexity index is 996. The smallest absolute Gasteiger partial charge is 0.362 e. The minimum atomic E-state index is -0.386. The molecule has 1 saturated carbocycles. The molecule has 4 nitrogen and oxygen atoms in total. The molecule has 0 N–H and O–H groups in total. The molecular weight excluding hydrogens is 384 g/mol. The molecule has 3 aliphatic rings. The maximum Gasteiger partial charge on any atom is 0.362 e. The molecule has 5 rings (SSSR count). The molecule has 1 aromatic carbocycles. The minimum Gasteiger partial charge on any atom is -0.422 e. The number of benzene rings is 1. The number of fused-ring (bicyclic) bond motifs is 1. The van der Waals surface area contributed by atoms with Crippen LogP contribution in [-0.4, -0.2) is 35.0 Å². The number of aromatic nitrogens is 1. The summed E-state index contributed by atoms with van der Waals surface area (Å²) in [6, 6.07) is 12.3. The van der Waals surface area contributed by atoms with Crippen LogP contribution in [0.15, 0.2) is 54.2 Å². The lowest BCUT2D eigenvalue weighted by molar-refractivity contribution is -0.00530. The first-order valence-corrected chi connectivity index (χ1v) is 11.7. The summed E-state index contributed by atoms with van der Waals surface area (Å²) < 4.78 is 5.75. The van der Waals surface area contributed by atoms with Crippen molar-refractivity contribution in [3.63, 3.8) is 0 Å². The van der Waals surface area contributed by atoms with Gasteiger partial charge in [0, 0.05) is 24.2 Å². The number of allylic oxidation sites excluding steroid dienone is 1. The second-order valence-electron chi connectivity index (χ2n) is 9.73. The highest BCUT2D eigenvalue weighted by Gasteiger charge is 2.53.